The molecule has 0 aliphatic rings. The molecular weight excluding hydrogens is 225 g/mol. The molecule has 0 radical (unpaired) electrons. The fourth-order valence-corrected chi connectivity index (χ4v) is 1.18. The van der Waals surface area contributed by atoms with Gasteiger partial charge in [-0.2, -0.15) is 0 Å². The Morgan fingerprint density at radius 2 is 2.06 bits per heavy atom. The highest BCUT2D eigenvalue weighted by atomic mass is 19.1. The zero-order chi connectivity index (χ0) is 12.3. The largest absolute Gasteiger partial charge is 0.484 e. The molecule has 6 heteroatoms. The van der Waals surface area contributed by atoms with Crippen molar-refractivity contribution in [3.63, 3.8) is 0 Å². The molecule has 0 saturated carbocycles. The van der Waals surface area contributed by atoms with Gasteiger partial charge in [-0.15, -0.1) is 10.2 Å². The van der Waals surface area contributed by atoms with E-state index in [0.717, 1.165) is 0 Å². The summed E-state index contributed by atoms with van der Waals surface area (Å²) in [5.74, 6) is 0.922. The van der Waals surface area contributed by atoms with Crippen molar-refractivity contribution < 1.29 is 13.5 Å². The molecule has 0 fully saturated rings. The van der Waals surface area contributed by atoms with Gasteiger partial charge in [0.25, 0.3) is 5.89 Å². The lowest BCUT2D eigenvalue weighted by Crippen LogP contribution is -2.04. The third-order valence-electron chi connectivity index (χ3n) is 2.05. The van der Waals surface area contributed by atoms with Crippen LogP contribution in [-0.4, -0.2) is 10.2 Å². The summed E-state index contributed by atoms with van der Waals surface area (Å²) in [6.45, 7) is 1.88. The van der Waals surface area contributed by atoms with Crippen LogP contribution in [0, 0.1) is 5.82 Å². The number of nitrogens with two attached hydrogens (primary N) is 1. The van der Waals surface area contributed by atoms with E-state index < -0.39 is 0 Å². The maximum atomic E-state index is 12.6. The molecule has 1 unspecified atom stereocenters. The fourth-order valence-electron chi connectivity index (χ4n) is 1.18. The van der Waals surface area contributed by atoms with Crippen LogP contribution in [0.15, 0.2) is 28.7 Å². The average Bonchev–Trinajstić information content (AvgIpc) is 2.77. The van der Waals surface area contributed by atoms with Crippen LogP contribution in [0.2, 0.25) is 0 Å². The first kappa shape index (κ1) is 11.5. The van der Waals surface area contributed by atoms with Crippen molar-refractivity contribution in [1.82, 2.24) is 10.2 Å². The number of aromatic nitrogens is 2. The van der Waals surface area contributed by atoms with Crippen LogP contribution in [0.5, 0.6) is 5.75 Å². The second-order valence-electron chi connectivity index (χ2n) is 3.57. The Bertz CT molecular complexity index is 482. The summed E-state index contributed by atoms with van der Waals surface area (Å²) in [7, 11) is 0. The summed E-state index contributed by atoms with van der Waals surface area (Å²) < 4.78 is 23.2. The number of benzene rings is 1. The topological polar surface area (TPSA) is 74.2 Å². The van der Waals surface area contributed by atoms with Crippen molar-refractivity contribution in [2.45, 2.75) is 19.6 Å². The van der Waals surface area contributed by atoms with Crippen molar-refractivity contribution in [3.05, 3.63) is 41.9 Å². The van der Waals surface area contributed by atoms with Gasteiger partial charge >= 0.3 is 0 Å². The van der Waals surface area contributed by atoms with Gasteiger partial charge in [0.1, 0.15) is 11.6 Å². The standard InChI is InChI=1S/C11H12FN3O2/c1-7(13)11-15-14-10(17-11)6-16-9-4-2-8(12)3-5-9/h2-5,7H,6,13H2,1H3. The minimum absolute atomic E-state index is 0.130. The Hall–Kier alpha value is -1.95. The van der Waals surface area contributed by atoms with Crippen molar-refractivity contribution in [1.29, 1.82) is 0 Å². The molecule has 90 valence electrons. The van der Waals surface area contributed by atoms with Crippen LogP contribution in [0.1, 0.15) is 24.7 Å². The van der Waals surface area contributed by atoms with E-state index in [9.17, 15) is 4.39 Å². The zero-order valence-corrected chi connectivity index (χ0v) is 9.26. The van der Waals surface area contributed by atoms with Gasteiger partial charge in [-0.1, -0.05) is 0 Å². The van der Waals surface area contributed by atoms with Gasteiger partial charge in [0.2, 0.25) is 5.89 Å². The normalized spacial score (nSPS) is 12.4. The smallest absolute Gasteiger partial charge is 0.253 e. The predicted molar refractivity (Wildman–Crippen MR) is 57.6 cm³/mol. The van der Waals surface area contributed by atoms with E-state index in [0.29, 0.717) is 17.5 Å². The van der Waals surface area contributed by atoms with E-state index in [1.165, 1.54) is 24.3 Å². The maximum Gasteiger partial charge on any atom is 0.253 e. The van der Waals surface area contributed by atoms with Gasteiger partial charge in [0.05, 0.1) is 6.04 Å². The first-order valence-corrected chi connectivity index (χ1v) is 5.11. The van der Waals surface area contributed by atoms with E-state index in [1.807, 2.05) is 0 Å². The fraction of sp³-hybridized carbons (Fsp3) is 0.273. The highest BCUT2D eigenvalue weighted by molar-refractivity contribution is 5.22. The molecule has 5 nitrogen and oxygen atoms in total. The van der Waals surface area contributed by atoms with E-state index in [4.69, 9.17) is 14.9 Å². The highest BCUT2D eigenvalue weighted by Crippen LogP contribution is 2.14. The molecule has 0 aliphatic carbocycles. The Morgan fingerprint density at radius 3 is 2.65 bits per heavy atom. The summed E-state index contributed by atoms with van der Waals surface area (Å²) >= 11 is 0. The lowest BCUT2D eigenvalue weighted by molar-refractivity contribution is 0.257. The van der Waals surface area contributed by atoms with Gasteiger partial charge in [-0.25, -0.2) is 4.39 Å². The summed E-state index contributed by atoms with van der Waals surface area (Å²) in [5.41, 5.74) is 5.57. The van der Waals surface area contributed by atoms with Crippen LogP contribution < -0.4 is 10.5 Å². The number of ether oxygens (including phenoxy) is 1. The highest BCUT2D eigenvalue weighted by Gasteiger charge is 2.10. The van der Waals surface area contributed by atoms with Gasteiger partial charge in [0.15, 0.2) is 6.61 Å². The number of halogens is 1. The summed E-state index contributed by atoms with van der Waals surface area (Å²) in [5, 5.41) is 7.53. The zero-order valence-electron chi connectivity index (χ0n) is 9.26. The van der Waals surface area contributed by atoms with Crippen molar-refractivity contribution in [2.24, 2.45) is 5.73 Å². The first-order chi connectivity index (χ1) is 8.15. The summed E-state index contributed by atoms with van der Waals surface area (Å²) in [4.78, 5) is 0. The molecule has 0 amide bonds. The molecule has 1 heterocycles. The lowest BCUT2D eigenvalue weighted by Gasteiger charge is -2.02. The molecule has 1 aromatic heterocycles. The predicted octanol–water partition coefficient (Wildman–Crippen LogP) is 1.81. The van der Waals surface area contributed by atoms with Gasteiger partial charge in [-0.05, 0) is 31.2 Å². The van der Waals surface area contributed by atoms with Gasteiger partial charge < -0.3 is 14.9 Å². The van der Waals surface area contributed by atoms with Crippen LogP contribution >= 0.6 is 0 Å². The molecule has 2 N–H and O–H groups in total. The number of nitrogens with zero attached hydrogens (tertiary/aromatic N) is 2. The molecule has 0 bridgehead atoms. The van der Waals surface area contributed by atoms with E-state index in [-0.39, 0.29) is 18.5 Å². The molecule has 1 aromatic carbocycles. The molecule has 1 atom stereocenters. The average molecular weight is 237 g/mol. The van der Waals surface area contributed by atoms with Crippen LogP contribution in [-0.2, 0) is 6.61 Å². The Morgan fingerprint density at radius 1 is 1.35 bits per heavy atom. The second-order valence-corrected chi connectivity index (χ2v) is 3.57. The molecular formula is C11H12FN3O2. The summed E-state index contributed by atoms with van der Waals surface area (Å²) in [6.07, 6.45) is 0. The SMILES string of the molecule is CC(N)c1nnc(COc2ccc(F)cc2)o1. The molecule has 2 rings (SSSR count). The number of rotatable bonds is 4. The Kier molecular flexibility index (Phi) is 3.34. The third kappa shape index (κ3) is 3.01. The first-order valence-electron chi connectivity index (χ1n) is 5.11. The number of hydrogen-bond acceptors (Lipinski definition) is 5. The molecule has 0 saturated heterocycles. The van der Waals surface area contributed by atoms with Crippen molar-refractivity contribution in [3.8, 4) is 5.75 Å². The minimum atomic E-state index is -0.311. The maximum absolute atomic E-state index is 12.6. The van der Waals surface area contributed by atoms with E-state index in [1.54, 1.807) is 6.92 Å². The summed E-state index contributed by atoms with van der Waals surface area (Å²) in [6, 6.07) is 5.38. The lowest BCUT2D eigenvalue weighted by atomic mass is 10.3. The van der Waals surface area contributed by atoms with Gasteiger partial charge in [0, 0.05) is 0 Å². The van der Waals surface area contributed by atoms with Crippen LogP contribution in [0.4, 0.5) is 4.39 Å². The van der Waals surface area contributed by atoms with Crippen LogP contribution in [0.3, 0.4) is 0 Å². The number of hydrogen-bond donors (Lipinski definition) is 1. The van der Waals surface area contributed by atoms with E-state index >= 15 is 0 Å². The van der Waals surface area contributed by atoms with Crippen molar-refractivity contribution in [2.75, 3.05) is 0 Å². The van der Waals surface area contributed by atoms with Crippen molar-refractivity contribution >= 4 is 0 Å². The molecule has 0 spiro atoms. The Labute approximate surface area is 97.4 Å². The minimum Gasteiger partial charge on any atom is -0.484 e. The Balaban J connectivity index is 1.95. The van der Waals surface area contributed by atoms with Gasteiger partial charge in [-0.3, -0.25) is 0 Å². The second kappa shape index (κ2) is 4.92. The molecule has 0 aliphatic heterocycles. The van der Waals surface area contributed by atoms with E-state index in [2.05, 4.69) is 10.2 Å². The molecule has 2 aromatic rings. The monoisotopic (exact) mass is 237 g/mol. The third-order valence-corrected chi connectivity index (χ3v) is 2.05. The van der Waals surface area contributed by atoms with Crippen LogP contribution in [0.25, 0.3) is 0 Å². The molecule has 17 heavy (non-hydrogen) atoms. The quantitative estimate of drug-likeness (QED) is 0.877.